The molecule has 1 unspecified atom stereocenters. The lowest BCUT2D eigenvalue weighted by atomic mass is 9.85. The molecule has 2 heteroatoms. The fraction of sp³-hybridized carbons (Fsp3) is 0.333. The molecule has 1 aliphatic rings. The Hall–Kier alpha value is -1.80. The van der Waals surface area contributed by atoms with Gasteiger partial charge in [-0.05, 0) is 35.7 Å². The van der Waals surface area contributed by atoms with E-state index in [0.717, 1.165) is 12.4 Å². The van der Waals surface area contributed by atoms with Gasteiger partial charge in [0.05, 0.1) is 6.61 Å². The van der Waals surface area contributed by atoms with Crippen molar-refractivity contribution in [3.63, 3.8) is 0 Å². The average molecular weight is 267 g/mol. The van der Waals surface area contributed by atoms with Gasteiger partial charge in [-0.25, -0.2) is 0 Å². The Balaban J connectivity index is 1.99. The van der Waals surface area contributed by atoms with E-state index >= 15 is 0 Å². The second-order valence-electron chi connectivity index (χ2n) is 6.29. The van der Waals surface area contributed by atoms with Crippen molar-refractivity contribution in [3.05, 3.63) is 53.6 Å². The van der Waals surface area contributed by atoms with Gasteiger partial charge in [-0.3, -0.25) is 0 Å². The number of fused-ring (bicyclic) bond motifs is 1. The van der Waals surface area contributed by atoms with Gasteiger partial charge in [0.1, 0.15) is 5.75 Å². The summed E-state index contributed by atoms with van der Waals surface area (Å²) in [6.45, 7) is 7.21. The molecule has 0 saturated heterocycles. The molecule has 2 N–H and O–H groups in total. The van der Waals surface area contributed by atoms with Crippen LogP contribution in [-0.4, -0.2) is 6.61 Å². The molecule has 3 rings (SSSR count). The van der Waals surface area contributed by atoms with E-state index in [-0.39, 0.29) is 11.5 Å². The highest BCUT2D eigenvalue weighted by Gasteiger charge is 2.31. The minimum atomic E-state index is 0.0800. The largest absolute Gasteiger partial charge is 0.492 e. The van der Waals surface area contributed by atoms with Crippen LogP contribution in [0.5, 0.6) is 5.75 Å². The Kier molecular flexibility index (Phi) is 3.06. The van der Waals surface area contributed by atoms with E-state index in [9.17, 15) is 0 Å². The SMILES string of the molecule is CC(N)c1ccc(-c2ccc3c(c2)C(C)(C)CO3)cc1. The minimum Gasteiger partial charge on any atom is -0.492 e. The van der Waals surface area contributed by atoms with Crippen LogP contribution in [0.25, 0.3) is 11.1 Å². The number of ether oxygens (including phenoxy) is 1. The number of benzene rings is 2. The van der Waals surface area contributed by atoms with Gasteiger partial charge in [0.25, 0.3) is 0 Å². The van der Waals surface area contributed by atoms with Crippen LogP contribution in [0, 0.1) is 0 Å². The van der Waals surface area contributed by atoms with Gasteiger partial charge in [0, 0.05) is 17.0 Å². The maximum Gasteiger partial charge on any atom is 0.123 e. The molecule has 1 heterocycles. The van der Waals surface area contributed by atoms with E-state index < -0.39 is 0 Å². The number of hydrogen-bond donors (Lipinski definition) is 1. The fourth-order valence-electron chi connectivity index (χ4n) is 2.68. The molecule has 0 radical (unpaired) electrons. The lowest BCUT2D eigenvalue weighted by Crippen LogP contribution is -2.18. The third-order valence-electron chi connectivity index (χ3n) is 4.07. The maximum atomic E-state index is 5.90. The van der Waals surface area contributed by atoms with E-state index in [2.05, 4.69) is 56.3 Å². The van der Waals surface area contributed by atoms with E-state index in [1.807, 2.05) is 6.92 Å². The lowest BCUT2D eigenvalue weighted by molar-refractivity contribution is 0.291. The van der Waals surface area contributed by atoms with Crippen LogP contribution in [0.4, 0.5) is 0 Å². The lowest BCUT2D eigenvalue weighted by Gasteiger charge is -2.16. The summed E-state index contributed by atoms with van der Waals surface area (Å²) < 4.78 is 5.74. The highest BCUT2D eigenvalue weighted by Crippen LogP contribution is 2.40. The zero-order valence-corrected chi connectivity index (χ0v) is 12.3. The summed E-state index contributed by atoms with van der Waals surface area (Å²) in [5, 5.41) is 0. The molecule has 104 valence electrons. The molecule has 0 spiro atoms. The molecule has 2 aromatic carbocycles. The Morgan fingerprint density at radius 1 is 1.05 bits per heavy atom. The van der Waals surface area contributed by atoms with Crippen molar-refractivity contribution in [2.75, 3.05) is 6.61 Å². The van der Waals surface area contributed by atoms with Crippen molar-refractivity contribution < 1.29 is 4.74 Å². The summed E-state index contributed by atoms with van der Waals surface area (Å²) in [6, 6.07) is 15.0. The Morgan fingerprint density at radius 3 is 2.35 bits per heavy atom. The van der Waals surface area contributed by atoms with E-state index in [1.54, 1.807) is 0 Å². The molecular weight excluding hydrogens is 246 g/mol. The molecule has 1 atom stereocenters. The monoisotopic (exact) mass is 267 g/mol. The predicted molar refractivity (Wildman–Crippen MR) is 83.0 cm³/mol. The first-order chi connectivity index (χ1) is 9.47. The summed E-state index contributed by atoms with van der Waals surface area (Å²) >= 11 is 0. The minimum absolute atomic E-state index is 0.0800. The van der Waals surface area contributed by atoms with Gasteiger partial charge >= 0.3 is 0 Å². The smallest absolute Gasteiger partial charge is 0.123 e. The van der Waals surface area contributed by atoms with Gasteiger partial charge in [-0.2, -0.15) is 0 Å². The van der Waals surface area contributed by atoms with Crippen LogP contribution in [0.1, 0.15) is 37.9 Å². The summed E-state index contributed by atoms with van der Waals surface area (Å²) in [5.74, 6) is 1.02. The van der Waals surface area contributed by atoms with Crippen molar-refractivity contribution in [2.45, 2.75) is 32.2 Å². The molecule has 2 nitrogen and oxygen atoms in total. The third kappa shape index (κ3) is 2.20. The molecule has 0 bridgehead atoms. The summed E-state index contributed by atoms with van der Waals surface area (Å²) in [5.41, 5.74) is 10.9. The van der Waals surface area contributed by atoms with Crippen molar-refractivity contribution in [1.82, 2.24) is 0 Å². The Morgan fingerprint density at radius 2 is 1.70 bits per heavy atom. The van der Waals surface area contributed by atoms with Gasteiger partial charge in [0.15, 0.2) is 0 Å². The maximum absolute atomic E-state index is 5.90. The predicted octanol–water partition coefficient (Wildman–Crippen LogP) is 4.04. The molecule has 0 aliphatic carbocycles. The van der Waals surface area contributed by atoms with Crippen LogP contribution in [-0.2, 0) is 5.41 Å². The van der Waals surface area contributed by atoms with Gasteiger partial charge < -0.3 is 10.5 Å². The average Bonchev–Trinajstić information content (AvgIpc) is 2.74. The van der Waals surface area contributed by atoms with Gasteiger partial charge in [0.2, 0.25) is 0 Å². The molecule has 0 aromatic heterocycles. The van der Waals surface area contributed by atoms with Crippen molar-refractivity contribution in [1.29, 1.82) is 0 Å². The molecular formula is C18H21NO. The second kappa shape index (κ2) is 4.64. The Bertz CT molecular complexity index is 626. The van der Waals surface area contributed by atoms with Crippen LogP contribution >= 0.6 is 0 Å². The van der Waals surface area contributed by atoms with Gasteiger partial charge in [-0.15, -0.1) is 0 Å². The summed E-state index contributed by atoms with van der Waals surface area (Å²) in [4.78, 5) is 0. The highest BCUT2D eigenvalue weighted by atomic mass is 16.5. The summed E-state index contributed by atoms with van der Waals surface area (Å²) in [7, 11) is 0. The zero-order valence-electron chi connectivity index (χ0n) is 12.3. The molecule has 0 fully saturated rings. The topological polar surface area (TPSA) is 35.2 Å². The molecule has 2 aromatic rings. The molecule has 20 heavy (non-hydrogen) atoms. The quantitative estimate of drug-likeness (QED) is 0.891. The Labute approximate surface area is 120 Å². The van der Waals surface area contributed by atoms with Crippen LogP contribution in [0.15, 0.2) is 42.5 Å². The fourth-order valence-corrected chi connectivity index (χ4v) is 2.68. The molecule has 0 amide bonds. The first-order valence-electron chi connectivity index (χ1n) is 7.11. The first kappa shape index (κ1) is 13.2. The van der Waals surface area contributed by atoms with Crippen LogP contribution in [0.2, 0.25) is 0 Å². The molecule has 1 aliphatic heterocycles. The highest BCUT2D eigenvalue weighted by molar-refractivity contribution is 5.67. The van der Waals surface area contributed by atoms with Gasteiger partial charge in [-0.1, -0.05) is 44.2 Å². The van der Waals surface area contributed by atoms with Crippen molar-refractivity contribution in [3.8, 4) is 16.9 Å². The van der Waals surface area contributed by atoms with Crippen LogP contribution < -0.4 is 10.5 Å². The van der Waals surface area contributed by atoms with E-state index in [0.29, 0.717) is 0 Å². The first-order valence-corrected chi connectivity index (χ1v) is 7.11. The second-order valence-corrected chi connectivity index (χ2v) is 6.29. The zero-order chi connectivity index (χ0) is 14.3. The third-order valence-corrected chi connectivity index (χ3v) is 4.07. The van der Waals surface area contributed by atoms with Crippen molar-refractivity contribution >= 4 is 0 Å². The normalized spacial score (nSPS) is 17.4. The summed E-state index contributed by atoms with van der Waals surface area (Å²) in [6.07, 6.45) is 0. The standard InChI is InChI=1S/C18H21NO/c1-12(19)13-4-6-14(7-5-13)15-8-9-17-16(10-15)18(2,3)11-20-17/h4-10,12H,11,19H2,1-3H3. The van der Waals surface area contributed by atoms with E-state index in [4.69, 9.17) is 10.5 Å². The number of nitrogens with two attached hydrogens (primary N) is 1. The van der Waals surface area contributed by atoms with Crippen LogP contribution in [0.3, 0.4) is 0 Å². The molecule has 0 saturated carbocycles. The number of rotatable bonds is 2. The number of hydrogen-bond acceptors (Lipinski definition) is 2. The van der Waals surface area contributed by atoms with Crippen molar-refractivity contribution in [2.24, 2.45) is 5.73 Å². The van der Waals surface area contributed by atoms with E-state index in [1.165, 1.54) is 22.3 Å².